The molecule has 4 unspecified atom stereocenters. The Hall–Kier alpha value is -0.0500. The van der Waals surface area contributed by atoms with Gasteiger partial charge in [-0.05, 0) is 37.0 Å². The van der Waals surface area contributed by atoms with Gasteiger partial charge in [-0.1, -0.05) is 22.4 Å². The molecule has 4 atom stereocenters. The van der Waals surface area contributed by atoms with E-state index in [1.165, 1.54) is 19.3 Å². The second kappa shape index (κ2) is 3.02. The van der Waals surface area contributed by atoms with Gasteiger partial charge in [-0.25, -0.2) is 0 Å². The zero-order chi connectivity index (χ0) is 8.72. The Balaban J connectivity index is 2.02. The van der Waals surface area contributed by atoms with Crippen LogP contribution in [0, 0.1) is 17.8 Å². The monoisotopic (exact) mass is 231 g/mol. The van der Waals surface area contributed by atoms with Crippen molar-refractivity contribution < 1.29 is 9.90 Å². The number of carboxylic acid groups (broad SMARTS) is 1. The molecule has 0 N–H and O–H groups in total. The first-order valence-corrected chi connectivity index (χ1v) is 5.45. The number of fused-ring (bicyclic) bond motifs is 2. The minimum Gasteiger partial charge on any atom is -0.549 e. The molecule has 2 saturated carbocycles. The second-order valence-electron chi connectivity index (χ2n) is 4.06. The Morgan fingerprint density at radius 3 is 2.58 bits per heavy atom. The highest BCUT2D eigenvalue weighted by atomic mass is 79.9. The lowest BCUT2D eigenvalue weighted by Gasteiger charge is -2.26. The summed E-state index contributed by atoms with van der Waals surface area (Å²) in [4.78, 5) is 10.2. The molecule has 0 heterocycles. The molecule has 68 valence electrons. The van der Waals surface area contributed by atoms with E-state index in [2.05, 4.69) is 15.9 Å². The predicted octanol–water partition coefficient (Wildman–Crippen LogP) is 0.936. The molecule has 2 aliphatic rings. The van der Waals surface area contributed by atoms with Crippen LogP contribution in [0.4, 0.5) is 0 Å². The normalized spacial score (nSPS) is 41.6. The number of carboxylic acids is 1. The number of aliphatic carboxylic acids is 1. The van der Waals surface area contributed by atoms with Crippen LogP contribution in [0.3, 0.4) is 0 Å². The van der Waals surface area contributed by atoms with Crippen molar-refractivity contribution in [3.8, 4) is 0 Å². The average molecular weight is 232 g/mol. The molecule has 12 heavy (non-hydrogen) atoms. The third-order valence-electron chi connectivity index (χ3n) is 3.39. The lowest BCUT2D eigenvalue weighted by atomic mass is 9.86. The van der Waals surface area contributed by atoms with Crippen LogP contribution in [-0.2, 0) is 4.79 Å². The van der Waals surface area contributed by atoms with Crippen LogP contribution in [0.15, 0.2) is 0 Å². The predicted molar refractivity (Wildman–Crippen MR) is 46.7 cm³/mol. The fourth-order valence-electron chi connectivity index (χ4n) is 2.83. The molecule has 2 bridgehead atoms. The smallest absolute Gasteiger partial charge is 0.0572 e. The maximum Gasteiger partial charge on any atom is 0.0572 e. The van der Waals surface area contributed by atoms with Crippen LogP contribution in [0.1, 0.15) is 25.7 Å². The van der Waals surface area contributed by atoms with Crippen molar-refractivity contribution in [3.63, 3.8) is 0 Å². The molecular formula is C9H12BrO2-. The van der Waals surface area contributed by atoms with Gasteiger partial charge in [0.2, 0.25) is 0 Å². The van der Waals surface area contributed by atoms with Crippen LogP contribution >= 0.6 is 15.9 Å². The fraction of sp³-hybridized carbons (Fsp3) is 0.889. The molecule has 0 radical (unpaired) electrons. The molecule has 2 fully saturated rings. The van der Waals surface area contributed by atoms with E-state index in [-0.39, 0.29) is 0 Å². The van der Waals surface area contributed by atoms with Crippen molar-refractivity contribution in [2.75, 3.05) is 0 Å². The number of alkyl halides is 1. The van der Waals surface area contributed by atoms with Gasteiger partial charge >= 0.3 is 0 Å². The largest absolute Gasteiger partial charge is 0.549 e. The number of carbonyl (C=O) groups excluding carboxylic acids is 1. The number of hydrogen-bond acceptors (Lipinski definition) is 2. The summed E-state index contributed by atoms with van der Waals surface area (Å²) in [5.74, 6) is 0.859. The molecule has 0 amide bonds. The van der Waals surface area contributed by atoms with E-state index in [4.69, 9.17) is 0 Å². The Kier molecular flexibility index (Phi) is 2.15. The Bertz CT molecular complexity index is 205. The summed E-state index contributed by atoms with van der Waals surface area (Å²) in [7, 11) is 0. The molecule has 2 nitrogen and oxygen atoms in total. The lowest BCUT2D eigenvalue weighted by Crippen LogP contribution is -2.38. The van der Waals surface area contributed by atoms with Crippen LogP contribution < -0.4 is 5.11 Å². The third-order valence-corrected chi connectivity index (χ3v) is 4.45. The van der Waals surface area contributed by atoms with E-state index < -0.39 is 10.8 Å². The Morgan fingerprint density at radius 2 is 2.17 bits per heavy atom. The number of rotatable bonds is 2. The summed E-state index contributed by atoms with van der Waals surface area (Å²) in [5.41, 5.74) is 0. The van der Waals surface area contributed by atoms with Crippen LogP contribution in [0.2, 0.25) is 0 Å². The van der Waals surface area contributed by atoms with Crippen molar-refractivity contribution >= 4 is 21.9 Å². The van der Waals surface area contributed by atoms with Gasteiger partial charge in [0.15, 0.2) is 0 Å². The molecule has 2 aliphatic carbocycles. The highest BCUT2D eigenvalue weighted by Gasteiger charge is 2.42. The first-order chi connectivity index (χ1) is 5.68. The maximum atomic E-state index is 10.6. The molecule has 0 aromatic heterocycles. The Morgan fingerprint density at radius 1 is 1.42 bits per heavy atom. The molecule has 3 heteroatoms. The van der Waals surface area contributed by atoms with E-state index in [1.807, 2.05) is 0 Å². The summed E-state index contributed by atoms with van der Waals surface area (Å²) in [6.45, 7) is 0. The van der Waals surface area contributed by atoms with Crippen LogP contribution in [-0.4, -0.2) is 10.8 Å². The lowest BCUT2D eigenvalue weighted by molar-refractivity contribution is -0.305. The number of hydrogen-bond donors (Lipinski definition) is 0. The van der Waals surface area contributed by atoms with Gasteiger partial charge in [0, 0.05) is 0 Å². The van der Waals surface area contributed by atoms with E-state index in [1.54, 1.807) is 0 Å². The van der Waals surface area contributed by atoms with E-state index in [0.29, 0.717) is 11.8 Å². The highest BCUT2D eigenvalue weighted by Crippen LogP contribution is 2.50. The second-order valence-corrected chi connectivity index (χ2v) is 5.05. The summed E-state index contributed by atoms with van der Waals surface area (Å²) in [6, 6.07) is 0. The first-order valence-electron chi connectivity index (χ1n) is 4.53. The van der Waals surface area contributed by atoms with Gasteiger partial charge in [-0.2, -0.15) is 0 Å². The SMILES string of the molecule is O=C([O-])C(Br)C1CC2CCC1C2. The average Bonchev–Trinajstić information content (AvgIpc) is 2.62. The van der Waals surface area contributed by atoms with Gasteiger partial charge in [0.05, 0.1) is 10.8 Å². The highest BCUT2D eigenvalue weighted by molar-refractivity contribution is 9.10. The molecule has 0 aromatic carbocycles. The number of halogens is 1. The fourth-order valence-corrected chi connectivity index (χ4v) is 3.47. The standard InChI is InChI=1S/C9H13BrO2/c10-8(9(11)12)7-4-5-1-2-6(7)3-5/h5-8H,1-4H2,(H,11,12)/p-1. The zero-order valence-corrected chi connectivity index (χ0v) is 8.42. The molecule has 0 aromatic rings. The van der Waals surface area contributed by atoms with Crippen molar-refractivity contribution in [1.82, 2.24) is 0 Å². The van der Waals surface area contributed by atoms with Gasteiger partial charge in [-0.15, -0.1) is 0 Å². The van der Waals surface area contributed by atoms with Crippen molar-refractivity contribution in [3.05, 3.63) is 0 Å². The third kappa shape index (κ3) is 1.28. The van der Waals surface area contributed by atoms with E-state index in [9.17, 15) is 9.90 Å². The van der Waals surface area contributed by atoms with Gasteiger partial charge < -0.3 is 9.90 Å². The van der Waals surface area contributed by atoms with Crippen molar-refractivity contribution in [1.29, 1.82) is 0 Å². The molecule has 0 saturated heterocycles. The summed E-state index contributed by atoms with van der Waals surface area (Å²) >= 11 is 3.21. The quantitative estimate of drug-likeness (QED) is 0.664. The van der Waals surface area contributed by atoms with Crippen LogP contribution in [0.5, 0.6) is 0 Å². The van der Waals surface area contributed by atoms with E-state index >= 15 is 0 Å². The topological polar surface area (TPSA) is 40.1 Å². The molecule has 2 rings (SSSR count). The van der Waals surface area contributed by atoms with Crippen LogP contribution in [0.25, 0.3) is 0 Å². The van der Waals surface area contributed by atoms with Gasteiger partial charge in [0.25, 0.3) is 0 Å². The summed E-state index contributed by atoms with van der Waals surface area (Å²) in [6.07, 6.45) is 4.88. The molecule has 0 spiro atoms. The number of carbonyl (C=O) groups is 1. The minimum atomic E-state index is -0.937. The molecular weight excluding hydrogens is 220 g/mol. The van der Waals surface area contributed by atoms with Crippen molar-refractivity contribution in [2.24, 2.45) is 17.8 Å². The van der Waals surface area contributed by atoms with Gasteiger partial charge in [0.1, 0.15) is 0 Å². The van der Waals surface area contributed by atoms with Gasteiger partial charge in [-0.3, -0.25) is 0 Å². The Labute approximate surface area is 80.5 Å². The first kappa shape index (κ1) is 8.54. The summed E-state index contributed by atoms with van der Waals surface area (Å²) in [5, 5.41) is 10.6. The minimum absolute atomic E-state index is 0.341. The molecule has 0 aliphatic heterocycles. The maximum absolute atomic E-state index is 10.6. The van der Waals surface area contributed by atoms with Crippen molar-refractivity contribution in [2.45, 2.75) is 30.5 Å². The summed E-state index contributed by atoms with van der Waals surface area (Å²) < 4.78 is 0. The zero-order valence-electron chi connectivity index (χ0n) is 6.83. The van der Waals surface area contributed by atoms with E-state index in [0.717, 1.165) is 12.3 Å².